The van der Waals surface area contributed by atoms with Crippen molar-refractivity contribution in [2.75, 3.05) is 13.2 Å². The first-order chi connectivity index (χ1) is 5.33. The molecule has 1 unspecified atom stereocenters. The third-order valence-electron chi connectivity index (χ3n) is 0.910. The summed E-state index contributed by atoms with van der Waals surface area (Å²) in [5, 5.41) is 33.0. The Morgan fingerprint density at radius 3 is 2.33 bits per heavy atom. The predicted molar refractivity (Wildman–Crippen MR) is 35.8 cm³/mol. The van der Waals surface area contributed by atoms with Crippen molar-refractivity contribution in [1.29, 1.82) is 0 Å². The summed E-state index contributed by atoms with van der Waals surface area (Å²) in [5.74, 6) is -4.22. The van der Waals surface area contributed by atoms with Crippen LogP contribution in [0.3, 0.4) is 0 Å². The smallest absolute Gasteiger partial charge is 0.322 e. The first-order valence-electron chi connectivity index (χ1n) is 3.06. The molecule has 0 aromatic heterocycles. The molecule has 0 rings (SSSR count). The Kier molecular flexibility index (Phi) is 4.07. The molecule has 0 amide bonds. The van der Waals surface area contributed by atoms with Gasteiger partial charge in [0.15, 0.2) is 0 Å². The lowest BCUT2D eigenvalue weighted by Gasteiger charge is -2.14. The zero-order chi connectivity index (χ0) is 9.78. The highest BCUT2D eigenvalue weighted by Crippen LogP contribution is 1.93. The molecule has 0 radical (unpaired) electrons. The fourth-order valence-corrected chi connectivity index (χ4v) is 0.394. The fraction of sp³-hybridized carbons (Fsp3) is 0.800. The van der Waals surface area contributed by atoms with Gasteiger partial charge in [-0.05, 0) is 0 Å². The van der Waals surface area contributed by atoms with Gasteiger partial charge in [-0.2, -0.15) is 0 Å². The highest BCUT2D eigenvalue weighted by molar-refractivity contribution is 5.73. The van der Waals surface area contributed by atoms with Crippen LogP contribution >= 0.6 is 0 Å². The van der Waals surface area contributed by atoms with Gasteiger partial charge < -0.3 is 30.9 Å². The molecule has 0 heterocycles. The predicted octanol–water partition coefficient (Wildman–Crippen LogP) is -2.95. The van der Waals surface area contributed by atoms with E-state index in [-0.39, 0.29) is 0 Å². The average Bonchev–Trinajstić information content (AvgIpc) is 1.84. The van der Waals surface area contributed by atoms with Crippen LogP contribution in [-0.4, -0.2) is 51.6 Å². The molecule has 0 saturated heterocycles. The second-order valence-electron chi connectivity index (χ2n) is 2.23. The Hall–Kier alpha value is -0.730. The molecule has 0 aliphatic rings. The van der Waals surface area contributed by atoms with Gasteiger partial charge in [0.05, 0.1) is 6.61 Å². The molecule has 0 bridgehead atoms. The van der Waals surface area contributed by atoms with Crippen molar-refractivity contribution in [3.63, 3.8) is 0 Å². The van der Waals surface area contributed by atoms with Gasteiger partial charge >= 0.3 is 5.97 Å². The number of carboxylic acid groups (broad SMARTS) is 1. The Bertz CT molecular complexity index is 153. The normalized spacial score (nSPS) is 14.3. The molecule has 7 nitrogen and oxygen atoms in total. The lowest BCUT2D eigenvalue weighted by atomic mass is 10.3. The molecule has 0 saturated carbocycles. The molecule has 7 heteroatoms. The van der Waals surface area contributed by atoms with Crippen LogP contribution in [0.1, 0.15) is 0 Å². The van der Waals surface area contributed by atoms with E-state index < -0.39 is 31.2 Å². The number of hydrogen-bond donors (Lipinski definition) is 5. The molecule has 0 aromatic rings. The summed E-state index contributed by atoms with van der Waals surface area (Å²) in [6.45, 7) is -1.22. The first kappa shape index (κ1) is 11.3. The van der Waals surface area contributed by atoms with Crippen LogP contribution in [0.15, 0.2) is 0 Å². The first-order valence-corrected chi connectivity index (χ1v) is 3.06. The molecule has 6 N–H and O–H groups in total. The molecule has 12 heavy (non-hydrogen) atoms. The lowest BCUT2D eigenvalue weighted by Crippen LogP contribution is -2.39. The Morgan fingerprint density at radius 1 is 1.50 bits per heavy atom. The van der Waals surface area contributed by atoms with Crippen LogP contribution in [0, 0.1) is 0 Å². The third-order valence-corrected chi connectivity index (χ3v) is 0.910. The molecule has 1 atom stereocenters. The third kappa shape index (κ3) is 6.01. The summed E-state index contributed by atoms with van der Waals surface area (Å²) in [6, 6.07) is -1.24. The van der Waals surface area contributed by atoms with Gasteiger partial charge in [-0.3, -0.25) is 4.79 Å². The fourth-order valence-electron chi connectivity index (χ4n) is 0.394. The Labute approximate surface area is 68.0 Å². The largest absolute Gasteiger partial charge is 0.480 e. The van der Waals surface area contributed by atoms with E-state index in [1.165, 1.54) is 0 Å². The van der Waals surface area contributed by atoms with E-state index in [1.807, 2.05) is 0 Å². The number of aliphatic hydroxyl groups is 3. The zero-order valence-electron chi connectivity index (χ0n) is 6.17. The number of aliphatic carboxylic acids is 1. The van der Waals surface area contributed by atoms with Crippen molar-refractivity contribution < 1.29 is 30.0 Å². The summed E-state index contributed by atoms with van der Waals surface area (Å²) < 4.78 is 4.37. The van der Waals surface area contributed by atoms with Gasteiger partial charge in [0.25, 0.3) is 5.97 Å². The van der Waals surface area contributed by atoms with E-state index in [2.05, 4.69) is 4.74 Å². The molecular weight excluding hydrogens is 170 g/mol. The maximum Gasteiger partial charge on any atom is 0.322 e. The Morgan fingerprint density at radius 2 is 2.00 bits per heavy atom. The van der Waals surface area contributed by atoms with Crippen molar-refractivity contribution in [3.05, 3.63) is 0 Å². The number of carboxylic acids is 1. The van der Waals surface area contributed by atoms with Crippen molar-refractivity contribution in [2.45, 2.75) is 12.0 Å². The van der Waals surface area contributed by atoms with Crippen LogP contribution in [0.5, 0.6) is 0 Å². The van der Waals surface area contributed by atoms with Crippen LogP contribution in [-0.2, 0) is 9.53 Å². The van der Waals surface area contributed by atoms with E-state index in [9.17, 15) is 4.79 Å². The molecule has 0 spiro atoms. The van der Waals surface area contributed by atoms with Gasteiger partial charge in [-0.15, -0.1) is 0 Å². The average molecular weight is 181 g/mol. The summed E-state index contributed by atoms with van der Waals surface area (Å²) in [4.78, 5) is 10.1. The monoisotopic (exact) mass is 181 g/mol. The summed E-state index contributed by atoms with van der Waals surface area (Å²) >= 11 is 0. The van der Waals surface area contributed by atoms with Crippen LogP contribution in [0.2, 0.25) is 0 Å². The highest BCUT2D eigenvalue weighted by Gasteiger charge is 2.20. The minimum Gasteiger partial charge on any atom is -0.480 e. The molecule has 0 aromatic carbocycles. The maximum absolute atomic E-state index is 10.1. The van der Waals surface area contributed by atoms with E-state index in [4.69, 9.17) is 26.2 Å². The summed E-state index contributed by atoms with van der Waals surface area (Å²) in [5.41, 5.74) is 4.98. The summed E-state index contributed by atoms with van der Waals surface area (Å²) in [6.07, 6.45) is 0. The topological polar surface area (TPSA) is 133 Å². The maximum atomic E-state index is 10.1. The van der Waals surface area contributed by atoms with Crippen molar-refractivity contribution in [2.24, 2.45) is 5.73 Å². The molecule has 0 fully saturated rings. The zero-order valence-corrected chi connectivity index (χ0v) is 6.17. The van der Waals surface area contributed by atoms with Crippen molar-refractivity contribution in [1.82, 2.24) is 0 Å². The quantitative estimate of drug-likeness (QED) is 0.286. The van der Waals surface area contributed by atoms with Crippen LogP contribution < -0.4 is 5.73 Å². The van der Waals surface area contributed by atoms with Gasteiger partial charge in [0.2, 0.25) is 0 Å². The van der Waals surface area contributed by atoms with Crippen molar-refractivity contribution in [3.8, 4) is 0 Å². The van der Waals surface area contributed by atoms with Crippen molar-refractivity contribution >= 4 is 5.97 Å². The van der Waals surface area contributed by atoms with E-state index in [0.29, 0.717) is 0 Å². The van der Waals surface area contributed by atoms with Crippen LogP contribution in [0.4, 0.5) is 0 Å². The minimum atomic E-state index is -2.95. The highest BCUT2D eigenvalue weighted by atomic mass is 16.7. The SMILES string of the molecule is NC(COCC(O)(O)O)C(=O)O. The van der Waals surface area contributed by atoms with E-state index >= 15 is 0 Å². The van der Waals surface area contributed by atoms with E-state index in [1.54, 1.807) is 0 Å². The van der Waals surface area contributed by atoms with Crippen LogP contribution in [0.25, 0.3) is 0 Å². The van der Waals surface area contributed by atoms with Gasteiger partial charge in [-0.1, -0.05) is 0 Å². The lowest BCUT2D eigenvalue weighted by molar-refractivity contribution is -0.331. The van der Waals surface area contributed by atoms with E-state index in [0.717, 1.165) is 0 Å². The number of nitrogens with two attached hydrogens (primary N) is 1. The second-order valence-corrected chi connectivity index (χ2v) is 2.23. The second kappa shape index (κ2) is 4.33. The van der Waals surface area contributed by atoms with Gasteiger partial charge in [-0.25, -0.2) is 0 Å². The number of ether oxygens (including phenoxy) is 1. The molecule has 72 valence electrons. The molecular formula is C5H11NO6. The minimum absolute atomic E-state index is 0.404. The summed E-state index contributed by atoms with van der Waals surface area (Å²) in [7, 11) is 0. The number of hydrogen-bond acceptors (Lipinski definition) is 6. The molecule has 0 aliphatic carbocycles. The standard InChI is InChI=1S/C5H11NO6/c6-3(4(7)8)1-12-2-5(9,10)11/h3,9-11H,1-2,6H2,(H,7,8). The number of carbonyl (C=O) groups is 1. The number of rotatable bonds is 5. The van der Waals surface area contributed by atoms with Gasteiger partial charge in [0, 0.05) is 0 Å². The molecule has 0 aliphatic heterocycles. The van der Waals surface area contributed by atoms with Gasteiger partial charge in [0.1, 0.15) is 12.6 Å². The Balaban J connectivity index is 3.51.